The van der Waals surface area contributed by atoms with Gasteiger partial charge in [-0.1, -0.05) is 11.6 Å². The Balaban J connectivity index is 1.86. The minimum absolute atomic E-state index is 0.750. The number of hydrogen-bond donors (Lipinski definition) is 0. The molecule has 0 aliphatic carbocycles. The van der Waals surface area contributed by atoms with Crippen LogP contribution in [0.15, 0.2) is 35.4 Å². The van der Waals surface area contributed by atoms with Crippen molar-refractivity contribution in [2.24, 2.45) is 5.10 Å². The number of rotatable bonds is 3. The Kier molecular flexibility index (Phi) is 4.50. The van der Waals surface area contributed by atoms with Gasteiger partial charge in [0.05, 0.1) is 32.5 Å². The lowest BCUT2D eigenvalue weighted by molar-refractivity contribution is 0.0397. The first-order chi connectivity index (χ1) is 10.6. The standard InChI is InChI=1S/C17H20ClN3O/c1-13-11-15(12-19-20-7-9-22-10-8-20)14(2)21(13)17-5-3-16(18)4-6-17/h3-6,11-12H,7-10H2,1-2H3/b19-12-. The molecule has 116 valence electrons. The first-order valence-electron chi connectivity index (χ1n) is 7.47. The number of hydrazone groups is 1. The largest absolute Gasteiger partial charge is 0.378 e. The lowest BCUT2D eigenvalue weighted by Crippen LogP contribution is -2.32. The molecule has 1 saturated heterocycles. The van der Waals surface area contributed by atoms with Crippen molar-refractivity contribution in [1.82, 2.24) is 9.58 Å². The highest BCUT2D eigenvalue weighted by Crippen LogP contribution is 2.21. The summed E-state index contributed by atoms with van der Waals surface area (Å²) in [6, 6.07) is 10.1. The van der Waals surface area contributed by atoms with Crippen LogP contribution in [0.3, 0.4) is 0 Å². The van der Waals surface area contributed by atoms with Crippen LogP contribution in [0, 0.1) is 13.8 Å². The number of nitrogens with zero attached hydrogens (tertiary/aromatic N) is 3. The maximum atomic E-state index is 5.97. The second-order valence-corrected chi connectivity index (χ2v) is 5.89. The summed E-state index contributed by atoms with van der Waals surface area (Å²) < 4.78 is 7.55. The lowest BCUT2D eigenvalue weighted by Gasteiger charge is -2.23. The average Bonchev–Trinajstić information content (AvgIpc) is 2.82. The van der Waals surface area contributed by atoms with Crippen molar-refractivity contribution in [2.45, 2.75) is 13.8 Å². The molecular formula is C17H20ClN3O. The van der Waals surface area contributed by atoms with Crippen LogP contribution in [0.25, 0.3) is 5.69 Å². The molecular weight excluding hydrogens is 298 g/mol. The van der Waals surface area contributed by atoms with E-state index in [2.05, 4.69) is 34.6 Å². The van der Waals surface area contributed by atoms with Crippen LogP contribution in [-0.2, 0) is 4.74 Å². The van der Waals surface area contributed by atoms with Gasteiger partial charge in [0.15, 0.2) is 0 Å². The molecule has 2 heterocycles. The van der Waals surface area contributed by atoms with Gasteiger partial charge >= 0.3 is 0 Å². The summed E-state index contributed by atoms with van der Waals surface area (Å²) in [5.74, 6) is 0. The van der Waals surface area contributed by atoms with Gasteiger partial charge in [0.25, 0.3) is 0 Å². The van der Waals surface area contributed by atoms with Crippen molar-refractivity contribution in [2.75, 3.05) is 26.3 Å². The summed E-state index contributed by atoms with van der Waals surface area (Å²) >= 11 is 5.97. The summed E-state index contributed by atoms with van der Waals surface area (Å²) in [5, 5.41) is 7.37. The molecule has 4 nitrogen and oxygen atoms in total. The molecule has 1 aromatic carbocycles. The summed E-state index contributed by atoms with van der Waals surface area (Å²) in [7, 11) is 0. The highest BCUT2D eigenvalue weighted by molar-refractivity contribution is 6.30. The van der Waals surface area contributed by atoms with Crippen LogP contribution < -0.4 is 0 Å². The van der Waals surface area contributed by atoms with Gasteiger partial charge in [0, 0.05) is 27.7 Å². The molecule has 2 aromatic rings. The Morgan fingerprint density at radius 3 is 2.50 bits per heavy atom. The monoisotopic (exact) mass is 317 g/mol. The van der Waals surface area contributed by atoms with Gasteiger partial charge in [0.2, 0.25) is 0 Å². The van der Waals surface area contributed by atoms with Gasteiger partial charge < -0.3 is 9.30 Å². The molecule has 0 bridgehead atoms. The first-order valence-corrected chi connectivity index (χ1v) is 7.84. The van der Waals surface area contributed by atoms with Gasteiger partial charge in [-0.3, -0.25) is 5.01 Å². The van der Waals surface area contributed by atoms with Gasteiger partial charge in [-0.25, -0.2) is 0 Å². The molecule has 1 aromatic heterocycles. The number of ether oxygens (including phenoxy) is 1. The van der Waals surface area contributed by atoms with Gasteiger partial charge in [0.1, 0.15) is 0 Å². The van der Waals surface area contributed by atoms with E-state index in [1.165, 1.54) is 11.4 Å². The highest BCUT2D eigenvalue weighted by atomic mass is 35.5. The fraction of sp³-hybridized carbons (Fsp3) is 0.353. The summed E-state index contributed by atoms with van der Waals surface area (Å²) in [4.78, 5) is 0. The third kappa shape index (κ3) is 3.18. The number of morpholine rings is 1. The molecule has 0 unspecified atom stereocenters. The molecule has 5 heteroatoms. The van der Waals surface area contributed by atoms with E-state index in [-0.39, 0.29) is 0 Å². The highest BCUT2D eigenvalue weighted by Gasteiger charge is 2.11. The fourth-order valence-electron chi connectivity index (χ4n) is 2.72. The van der Waals surface area contributed by atoms with Gasteiger partial charge in [-0.2, -0.15) is 5.10 Å². The zero-order valence-corrected chi connectivity index (χ0v) is 13.7. The summed E-state index contributed by atoms with van der Waals surface area (Å²) in [6.07, 6.45) is 1.94. The van der Waals surface area contributed by atoms with Gasteiger partial charge in [-0.15, -0.1) is 0 Å². The molecule has 0 atom stereocenters. The number of hydrogen-bond acceptors (Lipinski definition) is 3. The van der Waals surface area contributed by atoms with Crippen molar-refractivity contribution in [1.29, 1.82) is 0 Å². The Labute approximate surface area is 135 Å². The predicted molar refractivity (Wildman–Crippen MR) is 90.2 cm³/mol. The Hall–Kier alpha value is -1.78. The van der Waals surface area contributed by atoms with Crippen molar-refractivity contribution >= 4 is 17.8 Å². The van der Waals surface area contributed by atoms with Crippen LogP contribution in [0.2, 0.25) is 5.02 Å². The number of benzene rings is 1. The van der Waals surface area contributed by atoms with E-state index >= 15 is 0 Å². The predicted octanol–water partition coefficient (Wildman–Crippen LogP) is 3.41. The maximum absolute atomic E-state index is 5.97. The van der Waals surface area contributed by atoms with Gasteiger partial charge in [-0.05, 0) is 44.2 Å². The summed E-state index contributed by atoms with van der Waals surface area (Å²) in [5.41, 5.74) is 4.62. The molecule has 0 saturated carbocycles. The minimum atomic E-state index is 0.750. The Bertz CT molecular complexity index is 670. The molecule has 22 heavy (non-hydrogen) atoms. The Morgan fingerprint density at radius 1 is 1.14 bits per heavy atom. The van der Waals surface area contributed by atoms with Crippen molar-refractivity contribution in [3.8, 4) is 5.69 Å². The number of aryl methyl sites for hydroxylation is 1. The van der Waals surface area contributed by atoms with Crippen LogP contribution in [-0.4, -0.2) is 42.1 Å². The minimum Gasteiger partial charge on any atom is -0.378 e. The molecule has 0 radical (unpaired) electrons. The molecule has 0 spiro atoms. The quantitative estimate of drug-likeness (QED) is 0.812. The van der Waals surface area contributed by atoms with Crippen molar-refractivity contribution < 1.29 is 4.74 Å². The number of aromatic nitrogens is 1. The molecule has 1 aliphatic rings. The van der Waals surface area contributed by atoms with E-state index in [0.29, 0.717) is 0 Å². The van der Waals surface area contributed by atoms with Crippen LogP contribution in [0.4, 0.5) is 0 Å². The van der Waals surface area contributed by atoms with E-state index in [1.807, 2.05) is 30.5 Å². The zero-order valence-electron chi connectivity index (χ0n) is 12.9. The van der Waals surface area contributed by atoms with Crippen LogP contribution in [0.5, 0.6) is 0 Å². The van der Waals surface area contributed by atoms with E-state index < -0.39 is 0 Å². The van der Waals surface area contributed by atoms with E-state index in [9.17, 15) is 0 Å². The topological polar surface area (TPSA) is 29.8 Å². The third-order valence-corrected chi connectivity index (χ3v) is 4.15. The normalized spacial score (nSPS) is 15.7. The second kappa shape index (κ2) is 6.55. The molecule has 0 amide bonds. The maximum Gasteiger partial charge on any atom is 0.0659 e. The van der Waals surface area contributed by atoms with E-state index in [4.69, 9.17) is 16.3 Å². The first kappa shape index (κ1) is 15.1. The number of halogens is 1. The summed E-state index contributed by atoms with van der Waals surface area (Å²) in [6.45, 7) is 7.43. The molecule has 3 rings (SSSR count). The molecule has 0 N–H and O–H groups in total. The van der Waals surface area contributed by atoms with E-state index in [1.54, 1.807) is 0 Å². The third-order valence-electron chi connectivity index (χ3n) is 3.90. The van der Waals surface area contributed by atoms with Crippen LogP contribution >= 0.6 is 11.6 Å². The fourth-order valence-corrected chi connectivity index (χ4v) is 2.84. The van der Waals surface area contributed by atoms with Crippen molar-refractivity contribution in [3.05, 3.63) is 52.3 Å². The van der Waals surface area contributed by atoms with Crippen molar-refractivity contribution in [3.63, 3.8) is 0 Å². The van der Waals surface area contributed by atoms with E-state index in [0.717, 1.165) is 42.6 Å². The lowest BCUT2D eigenvalue weighted by atomic mass is 10.2. The average molecular weight is 318 g/mol. The molecule has 1 aliphatic heterocycles. The smallest absolute Gasteiger partial charge is 0.0659 e. The second-order valence-electron chi connectivity index (χ2n) is 5.45. The molecule has 1 fully saturated rings. The SMILES string of the molecule is Cc1cc(/C=N\N2CCOCC2)c(C)n1-c1ccc(Cl)cc1. The van der Waals surface area contributed by atoms with Crippen LogP contribution in [0.1, 0.15) is 17.0 Å². The Morgan fingerprint density at radius 2 is 1.82 bits per heavy atom. The zero-order chi connectivity index (χ0) is 15.5.